The number of tetrazole rings is 1. The molecule has 9 heteroatoms. The van der Waals surface area contributed by atoms with Crippen LogP contribution in [0.25, 0.3) is 28.2 Å². The molecule has 5 aromatic carbocycles. The monoisotopic (exact) mass is 646 g/mol. The van der Waals surface area contributed by atoms with Crippen molar-refractivity contribution in [2.75, 3.05) is 0 Å². The van der Waals surface area contributed by atoms with Crippen LogP contribution in [0.5, 0.6) is 0 Å². The van der Waals surface area contributed by atoms with Crippen LogP contribution in [0, 0.1) is 0 Å². The summed E-state index contributed by atoms with van der Waals surface area (Å²) < 4.78 is 5.74. The fourth-order valence-corrected chi connectivity index (χ4v) is 6.80. The van der Waals surface area contributed by atoms with E-state index in [0.717, 1.165) is 51.2 Å². The largest absolute Gasteiger partial charge is 0.265 e. The van der Waals surface area contributed by atoms with E-state index in [1.54, 1.807) is 4.63 Å². The molecule has 0 amide bonds. The van der Waals surface area contributed by atoms with Gasteiger partial charge in [-0.15, -0.1) is 14.8 Å². The Hall–Kier alpha value is -5.86. The first-order valence-electron chi connectivity index (χ1n) is 15.9. The van der Waals surface area contributed by atoms with E-state index in [9.17, 15) is 0 Å². The predicted molar refractivity (Wildman–Crippen MR) is 188 cm³/mol. The molecule has 8 aromatic rings. The highest BCUT2D eigenvalue weighted by Crippen LogP contribution is 2.43. The average molecular weight is 647 g/mol. The van der Waals surface area contributed by atoms with Crippen LogP contribution in [0.3, 0.4) is 0 Å². The fraction of sp³-hybridized carbons (Fsp3) is 0.103. The van der Waals surface area contributed by atoms with E-state index in [0.29, 0.717) is 23.0 Å². The van der Waals surface area contributed by atoms with Crippen molar-refractivity contribution in [3.63, 3.8) is 0 Å². The molecule has 0 atom stereocenters. The average Bonchev–Trinajstić information content (AvgIpc) is 3.88. The lowest BCUT2D eigenvalue weighted by Crippen LogP contribution is -2.39. The summed E-state index contributed by atoms with van der Waals surface area (Å²) in [5.74, 6) is 1.43. The summed E-state index contributed by atoms with van der Waals surface area (Å²) in [6.07, 6.45) is 2.62. The van der Waals surface area contributed by atoms with E-state index in [1.165, 1.54) is 0 Å². The van der Waals surface area contributed by atoms with Crippen molar-refractivity contribution in [2.24, 2.45) is 0 Å². The van der Waals surface area contributed by atoms with Gasteiger partial charge >= 0.3 is 0 Å². The van der Waals surface area contributed by atoms with E-state index < -0.39 is 5.54 Å². The smallest absolute Gasteiger partial charge is 0.194 e. The third-order valence-corrected chi connectivity index (χ3v) is 9.08. The molecular formula is C39H31ClN8. The molecule has 8 rings (SSSR count). The van der Waals surface area contributed by atoms with Crippen molar-refractivity contribution in [3.05, 3.63) is 179 Å². The van der Waals surface area contributed by atoms with Crippen LogP contribution in [-0.2, 0) is 18.5 Å². The molecule has 0 unspecified atom stereocenters. The highest BCUT2D eigenvalue weighted by atomic mass is 35.5. The number of halogens is 1. The summed E-state index contributed by atoms with van der Waals surface area (Å²) in [5, 5.41) is 19.0. The van der Waals surface area contributed by atoms with Crippen LogP contribution < -0.4 is 0 Å². The Bertz CT molecular complexity index is 2210. The van der Waals surface area contributed by atoms with Crippen LogP contribution in [0.1, 0.15) is 35.0 Å². The molecule has 3 aromatic heterocycles. The van der Waals surface area contributed by atoms with Gasteiger partial charge < -0.3 is 0 Å². The molecular weight excluding hydrogens is 616 g/mol. The lowest BCUT2D eigenvalue weighted by Gasteiger charge is -2.36. The fourth-order valence-electron chi connectivity index (χ4n) is 6.57. The van der Waals surface area contributed by atoms with E-state index >= 15 is 0 Å². The molecule has 0 radical (unpaired) electrons. The third-order valence-electron chi connectivity index (χ3n) is 8.81. The standard InChI is InChI=1S/C39H31ClN8/c1-2-36-41-38-35(40)27-46(48(38)43-36)26-28-22-24-29(25-23-28)33-20-12-13-21-34(33)37-42-44-45-47(37)39(30-14-6-3-7-15-30,31-16-8-4-9-17-31)32-18-10-5-11-19-32/h3-25,27H,2,26H2,1H3. The summed E-state index contributed by atoms with van der Waals surface area (Å²) in [6, 6.07) is 48.2. The zero-order valence-electron chi connectivity index (χ0n) is 26.2. The zero-order chi connectivity index (χ0) is 32.5. The molecule has 48 heavy (non-hydrogen) atoms. The van der Waals surface area contributed by atoms with Gasteiger partial charge in [-0.1, -0.05) is 158 Å². The van der Waals surface area contributed by atoms with Gasteiger partial charge in [0.2, 0.25) is 0 Å². The number of hydrogen-bond acceptors (Lipinski definition) is 5. The SMILES string of the molecule is CCc1nc2c(Cl)cn(Cc3ccc(-c4ccccc4-c4nnnn4C(c4ccccc4)(c4ccccc4)c4ccccc4)cc3)n2n1. The molecule has 0 spiro atoms. The summed E-state index contributed by atoms with van der Waals surface area (Å²) in [5.41, 5.74) is 7.10. The van der Waals surface area contributed by atoms with Gasteiger partial charge in [0.1, 0.15) is 10.6 Å². The number of nitrogens with zero attached hydrogens (tertiary/aromatic N) is 8. The number of fused-ring (bicyclic) bond motifs is 1. The predicted octanol–water partition coefficient (Wildman–Crippen LogP) is 7.96. The summed E-state index contributed by atoms with van der Waals surface area (Å²) >= 11 is 6.49. The summed E-state index contributed by atoms with van der Waals surface area (Å²) in [7, 11) is 0. The second kappa shape index (κ2) is 12.4. The Balaban J connectivity index is 1.24. The van der Waals surface area contributed by atoms with Crippen LogP contribution in [0.2, 0.25) is 5.02 Å². The molecule has 234 valence electrons. The van der Waals surface area contributed by atoms with Crippen LogP contribution >= 0.6 is 11.6 Å². The molecule has 0 N–H and O–H groups in total. The van der Waals surface area contributed by atoms with Crippen molar-refractivity contribution in [1.29, 1.82) is 0 Å². The van der Waals surface area contributed by atoms with Crippen LogP contribution in [0.4, 0.5) is 0 Å². The Morgan fingerprint density at radius 2 is 1.23 bits per heavy atom. The minimum absolute atomic E-state index is 0.586. The first kappa shape index (κ1) is 29.5. The van der Waals surface area contributed by atoms with Gasteiger partial charge in [0.05, 0.1) is 6.54 Å². The second-order valence-electron chi connectivity index (χ2n) is 11.6. The Labute approximate surface area is 282 Å². The maximum atomic E-state index is 6.49. The van der Waals surface area contributed by atoms with E-state index in [1.807, 2.05) is 52.8 Å². The maximum absolute atomic E-state index is 6.49. The molecule has 8 nitrogen and oxygen atoms in total. The highest BCUT2D eigenvalue weighted by Gasteiger charge is 2.42. The lowest BCUT2D eigenvalue weighted by molar-refractivity contribution is 0.451. The van der Waals surface area contributed by atoms with Gasteiger partial charge in [-0.05, 0) is 43.8 Å². The molecule has 0 aliphatic rings. The van der Waals surface area contributed by atoms with Crippen LogP contribution in [0.15, 0.2) is 146 Å². The van der Waals surface area contributed by atoms with Crippen molar-refractivity contribution in [3.8, 4) is 22.5 Å². The molecule has 0 saturated heterocycles. The molecule has 0 bridgehead atoms. The maximum Gasteiger partial charge on any atom is 0.194 e. The number of benzene rings is 5. The van der Waals surface area contributed by atoms with Gasteiger partial charge in [-0.2, -0.15) is 0 Å². The van der Waals surface area contributed by atoms with Gasteiger partial charge in [0.15, 0.2) is 17.3 Å². The Kier molecular flexibility index (Phi) is 7.62. The molecule has 3 heterocycles. The van der Waals surface area contributed by atoms with E-state index in [2.05, 4.69) is 124 Å². The first-order chi connectivity index (χ1) is 23.7. The highest BCUT2D eigenvalue weighted by molar-refractivity contribution is 6.33. The third kappa shape index (κ3) is 4.98. The molecule has 0 fully saturated rings. The minimum Gasteiger partial charge on any atom is -0.265 e. The second-order valence-corrected chi connectivity index (χ2v) is 12.0. The normalized spacial score (nSPS) is 11.7. The zero-order valence-corrected chi connectivity index (χ0v) is 27.0. The van der Waals surface area contributed by atoms with Gasteiger partial charge in [-0.3, -0.25) is 4.68 Å². The number of rotatable bonds is 9. The van der Waals surface area contributed by atoms with Gasteiger partial charge in [0.25, 0.3) is 0 Å². The van der Waals surface area contributed by atoms with Crippen molar-refractivity contribution < 1.29 is 0 Å². The van der Waals surface area contributed by atoms with Crippen molar-refractivity contribution >= 4 is 17.2 Å². The molecule has 0 aliphatic carbocycles. The van der Waals surface area contributed by atoms with Gasteiger partial charge in [-0.25, -0.2) is 9.67 Å². The first-order valence-corrected chi connectivity index (χ1v) is 16.3. The van der Waals surface area contributed by atoms with Crippen molar-refractivity contribution in [2.45, 2.75) is 25.4 Å². The molecule has 0 saturated carbocycles. The van der Waals surface area contributed by atoms with E-state index in [4.69, 9.17) is 21.9 Å². The number of aromatic nitrogens is 8. The summed E-state index contributed by atoms with van der Waals surface area (Å²) in [6.45, 7) is 2.64. The summed E-state index contributed by atoms with van der Waals surface area (Å²) in [4.78, 5) is 4.54. The number of aryl methyl sites for hydroxylation is 1. The quantitative estimate of drug-likeness (QED) is 0.149. The minimum atomic E-state index is -0.845. The molecule has 0 aliphatic heterocycles. The number of hydrogen-bond donors (Lipinski definition) is 0. The Morgan fingerprint density at radius 3 is 1.81 bits per heavy atom. The van der Waals surface area contributed by atoms with E-state index in [-0.39, 0.29) is 0 Å². The topological polar surface area (TPSA) is 78.7 Å². The van der Waals surface area contributed by atoms with Crippen LogP contribution in [-0.4, -0.2) is 39.6 Å². The van der Waals surface area contributed by atoms with Crippen molar-refractivity contribution in [1.82, 2.24) is 39.6 Å². The van der Waals surface area contributed by atoms with Gasteiger partial charge in [0, 0.05) is 18.2 Å². The Morgan fingerprint density at radius 1 is 0.667 bits per heavy atom. The lowest BCUT2D eigenvalue weighted by atomic mass is 9.77.